The van der Waals surface area contributed by atoms with Gasteiger partial charge in [-0.2, -0.15) is 16.6 Å². The summed E-state index contributed by atoms with van der Waals surface area (Å²) in [5.74, 6) is 0. The topological polar surface area (TPSA) is 23.8 Å². The van der Waals surface area contributed by atoms with Crippen molar-refractivity contribution in [3.05, 3.63) is 33.8 Å². The van der Waals surface area contributed by atoms with E-state index < -0.39 is 0 Å². The SMILES string of the molecule is N#Cc1ccc(-c2ccsc2)s1. The number of rotatable bonds is 1. The molecule has 0 amide bonds. The molecule has 0 bridgehead atoms. The van der Waals surface area contributed by atoms with Crippen molar-refractivity contribution in [1.29, 1.82) is 5.26 Å². The van der Waals surface area contributed by atoms with E-state index in [2.05, 4.69) is 17.5 Å². The molecule has 0 aliphatic heterocycles. The Labute approximate surface area is 78.5 Å². The first-order valence-electron chi connectivity index (χ1n) is 3.42. The summed E-state index contributed by atoms with van der Waals surface area (Å²) in [5.41, 5.74) is 1.21. The van der Waals surface area contributed by atoms with Gasteiger partial charge in [0.05, 0.1) is 0 Å². The molecule has 12 heavy (non-hydrogen) atoms. The van der Waals surface area contributed by atoms with Gasteiger partial charge in [0.2, 0.25) is 0 Å². The molecule has 2 heterocycles. The van der Waals surface area contributed by atoms with Gasteiger partial charge in [-0.15, -0.1) is 11.3 Å². The molecule has 3 heteroatoms. The molecule has 0 radical (unpaired) electrons. The highest BCUT2D eigenvalue weighted by Crippen LogP contribution is 2.28. The maximum atomic E-state index is 8.61. The first-order valence-corrected chi connectivity index (χ1v) is 5.18. The van der Waals surface area contributed by atoms with E-state index in [-0.39, 0.29) is 0 Å². The molecule has 0 unspecified atom stereocenters. The van der Waals surface area contributed by atoms with Crippen molar-refractivity contribution < 1.29 is 0 Å². The molecule has 0 N–H and O–H groups in total. The minimum Gasteiger partial charge on any atom is -0.192 e. The molecule has 0 aromatic carbocycles. The normalized spacial score (nSPS) is 9.58. The van der Waals surface area contributed by atoms with Gasteiger partial charge in [-0.05, 0) is 29.0 Å². The molecule has 0 fully saturated rings. The fraction of sp³-hybridized carbons (Fsp3) is 0. The fourth-order valence-electron chi connectivity index (χ4n) is 0.958. The van der Waals surface area contributed by atoms with Gasteiger partial charge in [-0.1, -0.05) is 0 Å². The molecular formula is C9H5NS2. The van der Waals surface area contributed by atoms with Gasteiger partial charge >= 0.3 is 0 Å². The van der Waals surface area contributed by atoms with Crippen molar-refractivity contribution in [2.24, 2.45) is 0 Å². The molecule has 2 rings (SSSR count). The molecule has 0 spiro atoms. The van der Waals surface area contributed by atoms with Crippen LogP contribution in [0.15, 0.2) is 29.0 Å². The smallest absolute Gasteiger partial charge is 0.110 e. The van der Waals surface area contributed by atoms with Crippen LogP contribution in [0.4, 0.5) is 0 Å². The maximum Gasteiger partial charge on any atom is 0.110 e. The van der Waals surface area contributed by atoms with Crippen LogP contribution >= 0.6 is 22.7 Å². The molecular weight excluding hydrogens is 186 g/mol. The van der Waals surface area contributed by atoms with E-state index >= 15 is 0 Å². The summed E-state index contributed by atoms with van der Waals surface area (Å²) in [4.78, 5) is 1.95. The Bertz CT molecular complexity index is 406. The Kier molecular flexibility index (Phi) is 1.94. The number of nitrogens with zero attached hydrogens (tertiary/aromatic N) is 1. The summed E-state index contributed by atoms with van der Waals surface area (Å²) < 4.78 is 0. The van der Waals surface area contributed by atoms with Crippen LogP contribution in [0.3, 0.4) is 0 Å². The second-order valence-corrected chi connectivity index (χ2v) is 4.15. The quantitative estimate of drug-likeness (QED) is 0.678. The maximum absolute atomic E-state index is 8.61. The third-order valence-electron chi connectivity index (χ3n) is 1.52. The van der Waals surface area contributed by atoms with Crippen LogP contribution < -0.4 is 0 Å². The molecule has 2 aromatic heterocycles. The molecule has 58 valence electrons. The highest BCUT2D eigenvalue weighted by atomic mass is 32.1. The van der Waals surface area contributed by atoms with Gasteiger partial charge in [0.25, 0.3) is 0 Å². The highest BCUT2D eigenvalue weighted by molar-refractivity contribution is 7.16. The average Bonchev–Trinajstić information content (AvgIpc) is 2.75. The zero-order valence-electron chi connectivity index (χ0n) is 6.15. The summed E-state index contributed by atoms with van der Waals surface area (Å²) in [7, 11) is 0. The number of hydrogen-bond acceptors (Lipinski definition) is 3. The second kappa shape index (κ2) is 3.10. The second-order valence-electron chi connectivity index (χ2n) is 2.29. The summed E-state index contributed by atoms with van der Waals surface area (Å²) in [6.07, 6.45) is 0. The van der Waals surface area contributed by atoms with Crippen LogP contribution in [0.1, 0.15) is 4.88 Å². The van der Waals surface area contributed by atoms with Crippen molar-refractivity contribution in [2.75, 3.05) is 0 Å². The molecule has 0 atom stereocenters. The van der Waals surface area contributed by atoms with E-state index in [4.69, 9.17) is 5.26 Å². The molecule has 0 aliphatic rings. The van der Waals surface area contributed by atoms with Gasteiger partial charge in [0.1, 0.15) is 10.9 Å². The molecule has 0 saturated heterocycles. The Morgan fingerprint density at radius 2 is 2.17 bits per heavy atom. The molecule has 0 aliphatic carbocycles. The first-order chi connectivity index (χ1) is 5.90. The fourth-order valence-corrected chi connectivity index (χ4v) is 2.49. The van der Waals surface area contributed by atoms with Gasteiger partial charge in [-0.3, -0.25) is 0 Å². The van der Waals surface area contributed by atoms with E-state index in [1.54, 1.807) is 11.3 Å². The third-order valence-corrected chi connectivity index (χ3v) is 3.24. The Morgan fingerprint density at radius 3 is 2.75 bits per heavy atom. The number of hydrogen-bond donors (Lipinski definition) is 0. The lowest BCUT2D eigenvalue weighted by atomic mass is 10.3. The van der Waals surface area contributed by atoms with E-state index in [0.29, 0.717) is 0 Å². The van der Waals surface area contributed by atoms with Crippen LogP contribution in [-0.4, -0.2) is 0 Å². The Morgan fingerprint density at radius 1 is 1.25 bits per heavy atom. The lowest BCUT2D eigenvalue weighted by Crippen LogP contribution is -1.58. The van der Waals surface area contributed by atoms with Crippen molar-refractivity contribution in [3.8, 4) is 16.5 Å². The van der Waals surface area contributed by atoms with Crippen LogP contribution in [0.25, 0.3) is 10.4 Å². The lowest BCUT2D eigenvalue weighted by Gasteiger charge is -1.85. The van der Waals surface area contributed by atoms with E-state index in [0.717, 1.165) is 4.88 Å². The van der Waals surface area contributed by atoms with Gasteiger partial charge in [0.15, 0.2) is 0 Å². The zero-order chi connectivity index (χ0) is 8.39. The van der Waals surface area contributed by atoms with E-state index in [1.807, 2.05) is 17.5 Å². The monoisotopic (exact) mass is 191 g/mol. The minimum atomic E-state index is 0.774. The van der Waals surface area contributed by atoms with Crippen LogP contribution in [-0.2, 0) is 0 Å². The Hall–Kier alpha value is -1.11. The summed E-state index contributed by atoms with van der Waals surface area (Å²) in [6.45, 7) is 0. The predicted octanol–water partition coefficient (Wildman–Crippen LogP) is 3.35. The summed E-state index contributed by atoms with van der Waals surface area (Å²) in [6, 6.07) is 8.05. The van der Waals surface area contributed by atoms with Crippen LogP contribution in [0.2, 0.25) is 0 Å². The Balaban J connectivity index is 2.44. The number of nitriles is 1. The van der Waals surface area contributed by atoms with Crippen LogP contribution in [0.5, 0.6) is 0 Å². The molecule has 0 saturated carbocycles. The first kappa shape index (κ1) is 7.53. The minimum absolute atomic E-state index is 0.774. The average molecular weight is 191 g/mol. The van der Waals surface area contributed by atoms with Crippen LogP contribution in [0, 0.1) is 11.3 Å². The highest BCUT2D eigenvalue weighted by Gasteiger charge is 2.01. The van der Waals surface area contributed by atoms with Gasteiger partial charge < -0.3 is 0 Å². The zero-order valence-corrected chi connectivity index (χ0v) is 7.78. The predicted molar refractivity (Wildman–Crippen MR) is 52.3 cm³/mol. The molecule has 1 nitrogen and oxygen atoms in total. The number of thiophene rings is 2. The van der Waals surface area contributed by atoms with Crippen molar-refractivity contribution in [2.45, 2.75) is 0 Å². The summed E-state index contributed by atoms with van der Waals surface area (Å²) >= 11 is 3.21. The van der Waals surface area contributed by atoms with Crippen molar-refractivity contribution in [1.82, 2.24) is 0 Å². The van der Waals surface area contributed by atoms with Crippen molar-refractivity contribution >= 4 is 22.7 Å². The van der Waals surface area contributed by atoms with Crippen molar-refractivity contribution in [3.63, 3.8) is 0 Å². The standard InChI is InChI=1S/C9H5NS2/c10-5-8-1-2-9(12-8)7-3-4-11-6-7/h1-4,6H. The largest absolute Gasteiger partial charge is 0.192 e. The van der Waals surface area contributed by atoms with E-state index in [1.165, 1.54) is 21.8 Å². The third kappa shape index (κ3) is 1.27. The van der Waals surface area contributed by atoms with E-state index in [9.17, 15) is 0 Å². The lowest BCUT2D eigenvalue weighted by molar-refractivity contribution is 1.52. The van der Waals surface area contributed by atoms with Gasteiger partial charge in [-0.25, -0.2) is 0 Å². The van der Waals surface area contributed by atoms with Gasteiger partial charge in [0, 0.05) is 10.4 Å². The summed E-state index contributed by atoms with van der Waals surface area (Å²) in [5, 5.41) is 12.7. The molecule has 2 aromatic rings.